The summed E-state index contributed by atoms with van der Waals surface area (Å²) in [6.45, 7) is 1.72. The van der Waals surface area contributed by atoms with Crippen molar-refractivity contribution in [1.82, 2.24) is 4.98 Å². The minimum absolute atomic E-state index is 0.169. The van der Waals surface area contributed by atoms with Gasteiger partial charge in [0.05, 0.1) is 24.8 Å². The van der Waals surface area contributed by atoms with Crippen LogP contribution >= 0.6 is 0 Å². The molecular formula is C15H15NO5. The van der Waals surface area contributed by atoms with Crippen LogP contribution in [0.4, 0.5) is 0 Å². The van der Waals surface area contributed by atoms with Crippen LogP contribution in [0.25, 0.3) is 10.9 Å². The third kappa shape index (κ3) is 3.47. The van der Waals surface area contributed by atoms with Crippen LogP contribution in [0.3, 0.4) is 0 Å². The number of ether oxygens (including phenoxy) is 3. The van der Waals surface area contributed by atoms with E-state index in [1.54, 1.807) is 31.2 Å². The molecule has 0 atom stereocenters. The van der Waals surface area contributed by atoms with Gasteiger partial charge in [0.15, 0.2) is 6.61 Å². The topological polar surface area (TPSA) is 74.7 Å². The van der Waals surface area contributed by atoms with Crippen molar-refractivity contribution in [2.24, 2.45) is 0 Å². The fourth-order valence-electron chi connectivity index (χ4n) is 1.84. The summed E-state index contributed by atoms with van der Waals surface area (Å²) >= 11 is 0. The third-order valence-corrected chi connectivity index (χ3v) is 2.74. The van der Waals surface area contributed by atoms with Gasteiger partial charge >= 0.3 is 11.9 Å². The van der Waals surface area contributed by atoms with Gasteiger partial charge in [-0.3, -0.25) is 0 Å². The van der Waals surface area contributed by atoms with Crippen molar-refractivity contribution in [2.45, 2.75) is 6.92 Å². The lowest BCUT2D eigenvalue weighted by Crippen LogP contribution is -2.15. The van der Waals surface area contributed by atoms with E-state index in [9.17, 15) is 9.59 Å². The molecule has 0 N–H and O–H groups in total. The monoisotopic (exact) mass is 289 g/mol. The first-order chi connectivity index (χ1) is 10.2. The van der Waals surface area contributed by atoms with Crippen molar-refractivity contribution in [2.75, 3.05) is 20.3 Å². The Morgan fingerprint density at radius 3 is 2.71 bits per heavy atom. The third-order valence-electron chi connectivity index (χ3n) is 2.74. The van der Waals surface area contributed by atoms with Crippen molar-refractivity contribution in [3.05, 3.63) is 35.9 Å². The summed E-state index contributed by atoms with van der Waals surface area (Å²) < 4.78 is 14.8. The van der Waals surface area contributed by atoms with Crippen LogP contribution in [0.2, 0.25) is 0 Å². The van der Waals surface area contributed by atoms with Crippen LogP contribution in [0.5, 0.6) is 5.88 Å². The molecule has 1 aromatic heterocycles. The number of esters is 2. The Morgan fingerprint density at radius 1 is 1.24 bits per heavy atom. The van der Waals surface area contributed by atoms with Gasteiger partial charge in [-0.2, -0.15) is 0 Å². The number of nitrogens with zero attached hydrogens (tertiary/aromatic N) is 1. The van der Waals surface area contributed by atoms with Crippen molar-refractivity contribution in [3.8, 4) is 5.88 Å². The Kier molecular flexibility index (Phi) is 4.71. The van der Waals surface area contributed by atoms with Crippen LogP contribution in [0, 0.1) is 0 Å². The van der Waals surface area contributed by atoms with E-state index in [1.165, 1.54) is 13.2 Å². The van der Waals surface area contributed by atoms with Gasteiger partial charge < -0.3 is 14.2 Å². The van der Waals surface area contributed by atoms with E-state index >= 15 is 0 Å². The molecule has 0 spiro atoms. The van der Waals surface area contributed by atoms with Gasteiger partial charge in [0.25, 0.3) is 0 Å². The van der Waals surface area contributed by atoms with Crippen LogP contribution < -0.4 is 4.74 Å². The summed E-state index contributed by atoms with van der Waals surface area (Å²) in [7, 11) is 1.30. The lowest BCUT2D eigenvalue weighted by Gasteiger charge is -2.09. The molecule has 2 rings (SSSR count). The van der Waals surface area contributed by atoms with Gasteiger partial charge in [-0.25, -0.2) is 14.6 Å². The summed E-state index contributed by atoms with van der Waals surface area (Å²) in [6, 6.07) is 8.57. The van der Waals surface area contributed by atoms with Crippen LogP contribution in [-0.2, 0) is 14.3 Å². The zero-order chi connectivity index (χ0) is 15.2. The maximum Gasteiger partial charge on any atom is 0.344 e. The van der Waals surface area contributed by atoms with E-state index in [-0.39, 0.29) is 19.1 Å². The first-order valence-electron chi connectivity index (χ1n) is 6.42. The number of carbonyl (C=O) groups excluding carboxylic acids is 2. The Hall–Kier alpha value is -2.63. The number of para-hydroxylation sites is 1. The summed E-state index contributed by atoms with van der Waals surface area (Å²) in [5.74, 6) is -0.816. The Balaban J connectivity index is 2.32. The van der Waals surface area contributed by atoms with Gasteiger partial charge in [0.2, 0.25) is 5.88 Å². The fraction of sp³-hybridized carbons (Fsp3) is 0.267. The van der Waals surface area contributed by atoms with Gasteiger partial charge in [-0.05, 0) is 13.0 Å². The van der Waals surface area contributed by atoms with E-state index in [0.717, 1.165) is 0 Å². The number of pyridine rings is 1. The molecular weight excluding hydrogens is 274 g/mol. The summed E-state index contributed by atoms with van der Waals surface area (Å²) in [6.07, 6.45) is 0. The number of rotatable bonds is 5. The van der Waals surface area contributed by atoms with Gasteiger partial charge in [-0.15, -0.1) is 0 Å². The molecule has 0 aliphatic heterocycles. The number of hydrogen-bond donors (Lipinski definition) is 0. The van der Waals surface area contributed by atoms with Crippen molar-refractivity contribution < 1.29 is 23.8 Å². The van der Waals surface area contributed by atoms with Crippen molar-refractivity contribution >= 4 is 22.8 Å². The van der Waals surface area contributed by atoms with Crippen molar-refractivity contribution in [3.63, 3.8) is 0 Å². The molecule has 0 saturated carbocycles. The van der Waals surface area contributed by atoms with Crippen LogP contribution in [-0.4, -0.2) is 37.2 Å². The van der Waals surface area contributed by atoms with Crippen LogP contribution in [0.15, 0.2) is 30.3 Å². The second-order valence-corrected chi connectivity index (χ2v) is 4.11. The molecule has 110 valence electrons. The molecule has 0 amide bonds. The lowest BCUT2D eigenvalue weighted by atomic mass is 10.1. The largest absolute Gasteiger partial charge is 0.466 e. The normalized spacial score (nSPS) is 10.2. The molecule has 0 radical (unpaired) electrons. The van der Waals surface area contributed by atoms with E-state index < -0.39 is 11.9 Å². The molecule has 0 fully saturated rings. The minimum Gasteiger partial charge on any atom is -0.466 e. The number of methoxy groups -OCH3 is 1. The highest BCUT2D eigenvalue weighted by Crippen LogP contribution is 2.22. The number of fused-ring (bicyclic) bond motifs is 1. The van der Waals surface area contributed by atoms with Gasteiger partial charge in [0, 0.05) is 11.5 Å². The second-order valence-electron chi connectivity index (χ2n) is 4.11. The quantitative estimate of drug-likeness (QED) is 0.783. The Morgan fingerprint density at radius 2 is 2.00 bits per heavy atom. The second kappa shape index (κ2) is 6.69. The first-order valence-corrected chi connectivity index (χ1v) is 6.42. The number of aromatic nitrogens is 1. The first kappa shape index (κ1) is 14.8. The molecule has 1 aromatic carbocycles. The maximum atomic E-state index is 11.8. The summed E-state index contributed by atoms with van der Waals surface area (Å²) in [5, 5.41) is 0.660. The van der Waals surface area contributed by atoms with Gasteiger partial charge in [0.1, 0.15) is 0 Å². The number of carbonyl (C=O) groups is 2. The molecule has 0 unspecified atom stereocenters. The highest BCUT2D eigenvalue weighted by molar-refractivity contribution is 6.03. The Bertz CT molecular complexity index is 668. The molecule has 0 aliphatic rings. The predicted molar refractivity (Wildman–Crippen MR) is 75.2 cm³/mol. The molecule has 6 heteroatoms. The summed E-state index contributed by atoms with van der Waals surface area (Å²) in [4.78, 5) is 27.4. The van der Waals surface area contributed by atoms with Crippen molar-refractivity contribution in [1.29, 1.82) is 0 Å². The molecule has 0 bridgehead atoms. The van der Waals surface area contributed by atoms with E-state index in [1.807, 2.05) is 0 Å². The maximum absolute atomic E-state index is 11.8. The highest BCUT2D eigenvalue weighted by atomic mass is 16.6. The molecule has 1 heterocycles. The number of benzene rings is 1. The van der Waals surface area contributed by atoms with Gasteiger partial charge in [-0.1, -0.05) is 18.2 Å². The SMILES string of the molecule is CCOC(=O)COc1cc(C(=O)OC)c2ccccc2n1. The fourth-order valence-corrected chi connectivity index (χ4v) is 1.84. The molecule has 2 aromatic rings. The van der Waals surface area contributed by atoms with Crippen LogP contribution in [0.1, 0.15) is 17.3 Å². The smallest absolute Gasteiger partial charge is 0.344 e. The highest BCUT2D eigenvalue weighted by Gasteiger charge is 2.14. The average molecular weight is 289 g/mol. The zero-order valence-corrected chi connectivity index (χ0v) is 11.8. The standard InChI is InChI=1S/C15H15NO5/c1-3-20-14(17)9-21-13-8-11(15(18)19-2)10-6-4-5-7-12(10)16-13/h4-8H,3,9H2,1-2H3. The zero-order valence-electron chi connectivity index (χ0n) is 11.8. The minimum atomic E-state index is -0.493. The van der Waals surface area contributed by atoms with E-state index in [2.05, 4.69) is 4.98 Å². The summed E-state index contributed by atoms with van der Waals surface area (Å²) in [5.41, 5.74) is 0.918. The molecule has 21 heavy (non-hydrogen) atoms. The Labute approximate surface area is 121 Å². The molecule has 6 nitrogen and oxygen atoms in total. The number of hydrogen-bond acceptors (Lipinski definition) is 6. The molecule has 0 saturated heterocycles. The van der Waals surface area contributed by atoms with E-state index in [4.69, 9.17) is 14.2 Å². The molecule has 0 aliphatic carbocycles. The average Bonchev–Trinajstić information content (AvgIpc) is 2.51. The lowest BCUT2D eigenvalue weighted by molar-refractivity contribution is -0.145. The van der Waals surface area contributed by atoms with E-state index in [0.29, 0.717) is 16.5 Å². The predicted octanol–water partition coefficient (Wildman–Crippen LogP) is 1.96.